The lowest BCUT2D eigenvalue weighted by Crippen LogP contribution is -2.24. The molecule has 4 rings (SSSR count). The number of halogens is 1. The van der Waals surface area contributed by atoms with E-state index in [1.54, 1.807) is 47.3 Å². The van der Waals surface area contributed by atoms with Gasteiger partial charge in [-0.05, 0) is 35.9 Å². The van der Waals surface area contributed by atoms with Crippen molar-refractivity contribution in [3.8, 4) is 11.4 Å². The maximum atomic E-state index is 13.5. The molecule has 0 aliphatic carbocycles. The summed E-state index contributed by atoms with van der Waals surface area (Å²) in [5.41, 5.74) is 2.22. The van der Waals surface area contributed by atoms with E-state index >= 15 is 0 Å². The Morgan fingerprint density at radius 3 is 2.75 bits per heavy atom. The van der Waals surface area contributed by atoms with E-state index in [0.717, 1.165) is 11.3 Å². The van der Waals surface area contributed by atoms with Gasteiger partial charge < -0.3 is 10.4 Å². The van der Waals surface area contributed by atoms with Crippen molar-refractivity contribution in [2.24, 2.45) is 0 Å². The summed E-state index contributed by atoms with van der Waals surface area (Å²) < 4.78 is 15.2. The highest BCUT2D eigenvalue weighted by atomic mass is 19.1. The third-order valence-corrected chi connectivity index (χ3v) is 4.16. The van der Waals surface area contributed by atoms with Gasteiger partial charge in [-0.25, -0.2) is 9.37 Å². The van der Waals surface area contributed by atoms with Gasteiger partial charge in [0.2, 0.25) is 5.91 Å². The smallest absolute Gasteiger partial charge is 0.226 e. The van der Waals surface area contributed by atoms with E-state index in [1.807, 2.05) is 0 Å². The molecule has 0 unspecified atom stereocenters. The number of phenolic OH excluding ortho intramolecular Hbond substituents is 1. The van der Waals surface area contributed by atoms with Gasteiger partial charge in [0.1, 0.15) is 23.7 Å². The molecule has 1 atom stereocenters. The minimum atomic E-state index is -0.354. The second-order valence-electron chi connectivity index (χ2n) is 5.72. The second-order valence-corrected chi connectivity index (χ2v) is 5.72. The highest BCUT2D eigenvalue weighted by Crippen LogP contribution is 2.37. The summed E-state index contributed by atoms with van der Waals surface area (Å²) in [5.74, 6) is 0.0366. The highest BCUT2D eigenvalue weighted by molar-refractivity contribution is 5.94. The first-order chi connectivity index (χ1) is 11.6. The number of hydrogen-bond acceptors (Lipinski definition) is 3. The number of nitrogens with zero attached hydrogens (tertiary/aromatic N) is 2. The van der Waals surface area contributed by atoms with Gasteiger partial charge in [0, 0.05) is 12.3 Å². The van der Waals surface area contributed by atoms with Crippen LogP contribution in [-0.4, -0.2) is 20.6 Å². The highest BCUT2D eigenvalue weighted by Gasteiger charge is 2.30. The van der Waals surface area contributed by atoms with Crippen molar-refractivity contribution in [1.29, 1.82) is 0 Å². The molecular formula is C18H14FN3O2. The van der Waals surface area contributed by atoms with Gasteiger partial charge in [-0.3, -0.25) is 9.36 Å². The maximum Gasteiger partial charge on any atom is 0.226 e. The van der Waals surface area contributed by atoms with Gasteiger partial charge in [-0.2, -0.15) is 0 Å². The minimum Gasteiger partial charge on any atom is -0.508 e. The van der Waals surface area contributed by atoms with E-state index in [0.29, 0.717) is 11.5 Å². The monoisotopic (exact) mass is 323 g/mol. The Bertz CT molecular complexity index is 918. The summed E-state index contributed by atoms with van der Waals surface area (Å²) in [6.45, 7) is 0. The van der Waals surface area contributed by atoms with Gasteiger partial charge >= 0.3 is 0 Å². The molecule has 0 spiro atoms. The van der Waals surface area contributed by atoms with Gasteiger partial charge in [0.15, 0.2) is 0 Å². The summed E-state index contributed by atoms with van der Waals surface area (Å²) in [7, 11) is 0. The first-order valence-electron chi connectivity index (χ1n) is 7.54. The quantitative estimate of drug-likeness (QED) is 0.761. The Labute approximate surface area is 137 Å². The number of amides is 1. The van der Waals surface area contributed by atoms with Crippen LogP contribution in [0.4, 0.5) is 10.2 Å². The molecule has 0 bridgehead atoms. The van der Waals surface area contributed by atoms with Crippen LogP contribution in [-0.2, 0) is 4.79 Å². The topological polar surface area (TPSA) is 67.1 Å². The third kappa shape index (κ3) is 2.42. The standard InChI is InChI=1S/C18H14FN3O2/c19-12-2-1-3-13(8-12)22-10-20-17-15(9-16(24)21-18(17)22)11-4-6-14(23)7-5-11/h1-8,10,15,23H,9H2,(H,21,24)/t15-/m1/s1. The van der Waals surface area contributed by atoms with Crippen molar-refractivity contribution in [2.45, 2.75) is 12.3 Å². The van der Waals surface area contributed by atoms with Crippen LogP contribution in [0.2, 0.25) is 0 Å². The Hall–Kier alpha value is -3.15. The van der Waals surface area contributed by atoms with Crippen molar-refractivity contribution in [2.75, 3.05) is 5.32 Å². The SMILES string of the molecule is O=C1C[C@H](c2ccc(O)cc2)c2ncn(-c3cccc(F)c3)c2N1. The van der Waals surface area contributed by atoms with Crippen LogP contribution in [0, 0.1) is 5.82 Å². The average molecular weight is 323 g/mol. The van der Waals surface area contributed by atoms with Gasteiger partial charge in [0.05, 0.1) is 11.4 Å². The second kappa shape index (κ2) is 5.49. The number of aromatic hydroxyl groups is 1. The minimum absolute atomic E-state index is 0.126. The van der Waals surface area contributed by atoms with Gasteiger partial charge in [-0.15, -0.1) is 0 Å². The van der Waals surface area contributed by atoms with E-state index in [4.69, 9.17) is 0 Å². The molecule has 2 heterocycles. The molecule has 0 saturated carbocycles. The number of aromatic nitrogens is 2. The number of imidazole rings is 1. The first-order valence-corrected chi connectivity index (χ1v) is 7.54. The zero-order valence-electron chi connectivity index (χ0n) is 12.6. The summed E-state index contributed by atoms with van der Waals surface area (Å²) in [6, 6.07) is 12.9. The number of phenols is 1. The first kappa shape index (κ1) is 14.4. The molecule has 1 aromatic heterocycles. The average Bonchev–Trinajstić information content (AvgIpc) is 2.98. The molecule has 3 aromatic rings. The van der Waals surface area contributed by atoms with Crippen LogP contribution in [0.1, 0.15) is 23.6 Å². The Morgan fingerprint density at radius 1 is 1.21 bits per heavy atom. The van der Waals surface area contributed by atoms with Crippen molar-refractivity contribution in [3.05, 3.63) is 71.9 Å². The molecule has 1 aliphatic heterocycles. The van der Waals surface area contributed by atoms with Gasteiger partial charge in [-0.1, -0.05) is 18.2 Å². The fourth-order valence-corrected chi connectivity index (χ4v) is 3.01. The summed E-state index contributed by atoms with van der Waals surface area (Å²) in [4.78, 5) is 16.6. The number of benzene rings is 2. The van der Waals surface area contributed by atoms with E-state index in [1.165, 1.54) is 12.1 Å². The molecule has 24 heavy (non-hydrogen) atoms. The van der Waals surface area contributed by atoms with Gasteiger partial charge in [0.25, 0.3) is 0 Å². The van der Waals surface area contributed by atoms with Crippen LogP contribution in [0.15, 0.2) is 54.9 Å². The Kier molecular flexibility index (Phi) is 3.30. The zero-order valence-corrected chi connectivity index (χ0v) is 12.6. The van der Waals surface area contributed by atoms with Crippen LogP contribution in [0.25, 0.3) is 5.69 Å². The molecule has 0 radical (unpaired) electrons. The lowest BCUT2D eigenvalue weighted by Gasteiger charge is -2.23. The number of fused-ring (bicyclic) bond motifs is 1. The molecule has 2 aromatic carbocycles. The lowest BCUT2D eigenvalue weighted by molar-refractivity contribution is -0.116. The number of nitrogens with one attached hydrogen (secondary N) is 1. The van der Waals surface area contributed by atoms with Crippen molar-refractivity contribution >= 4 is 11.7 Å². The molecule has 1 aliphatic rings. The van der Waals surface area contributed by atoms with Crippen LogP contribution in [0.5, 0.6) is 5.75 Å². The van der Waals surface area contributed by atoms with E-state index in [9.17, 15) is 14.3 Å². The molecule has 6 heteroatoms. The summed E-state index contributed by atoms with van der Waals surface area (Å²) >= 11 is 0. The predicted octanol–water partition coefficient (Wildman–Crippen LogP) is 3.19. The van der Waals surface area contributed by atoms with Crippen LogP contribution in [0.3, 0.4) is 0 Å². The maximum absolute atomic E-state index is 13.5. The molecule has 120 valence electrons. The number of carbonyl (C=O) groups is 1. The number of hydrogen-bond donors (Lipinski definition) is 2. The van der Waals surface area contributed by atoms with E-state index < -0.39 is 0 Å². The third-order valence-electron chi connectivity index (χ3n) is 4.16. The molecule has 5 nitrogen and oxygen atoms in total. The fraction of sp³-hybridized carbons (Fsp3) is 0.111. The zero-order chi connectivity index (χ0) is 16.7. The largest absolute Gasteiger partial charge is 0.508 e. The predicted molar refractivity (Wildman–Crippen MR) is 86.7 cm³/mol. The molecule has 1 amide bonds. The molecular weight excluding hydrogens is 309 g/mol. The Morgan fingerprint density at radius 2 is 2.00 bits per heavy atom. The number of rotatable bonds is 2. The molecule has 2 N–H and O–H groups in total. The van der Waals surface area contributed by atoms with Crippen molar-refractivity contribution < 1.29 is 14.3 Å². The molecule has 0 saturated heterocycles. The molecule has 0 fully saturated rings. The fourth-order valence-electron chi connectivity index (χ4n) is 3.01. The lowest BCUT2D eigenvalue weighted by atomic mass is 9.90. The van der Waals surface area contributed by atoms with Crippen LogP contribution < -0.4 is 5.32 Å². The number of anilines is 1. The van der Waals surface area contributed by atoms with Crippen molar-refractivity contribution in [1.82, 2.24) is 9.55 Å². The van der Waals surface area contributed by atoms with E-state index in [-0.39, 0.29) is 29.8 Å². The summed E-state index contributed by atoms with van der Waals surface area (Å²) in [5, 5.41) is 12.3. The van der Waals surface area contributed by atoms with Crippen molar-refractivity contribution in [3.63, 3.8) is 0 Å². The normalized spacial score (nSPS) is 16.5. The Balaban J connectivity index is 1.81. The van der Waals surface area contributed by atoms with E-state index in [2.05, 4.69) is 10.3 Å². The number of carbonyl (C=O) groups excluding carboxylic acids is 1. The summed E-state index contributed by atoms with van der Waals surface area (Å²) in [6.07, 6.45) is 1.86. The van der Waals surface area contributed by atoms with Crippen LogP contribution >= 0.6 is 0 Å².